The molecule has 11 heavy (non-hydrogen) atoms. The third-order valence-corrected chi connectivity index (χ3v) is 2.35. The molecule has 0 amide bonds. The van der Waals surface area contributed by atoms with Crippen molar-refractivity contribution in [2.24, 2.45) is 0 Å². The van der Waals surface area contributed by atoms with Crippen LogP contribution in [0.25, 0.3) is 0 Å². The van der Waals surface area contributed by atoms with Gasteiger partial charge in [-0.05, 0) is 33.2 Å². The van der Waals surface area contributed by atoms with Crippen LogP contribution in [0, 0.1) is 0 Å². The monoisotopic (exact) mass is 157 g/mol. The van der Waals surface area contributed by atoms with Crippen molar-refractivity contribution in [3.63, 3.8) is 0 Å². The Morgan fingerprint density at radius 3 is 2.45 bits per heavy atom. The van der Waals surface area contributed by atoms with Crippen LogP contribution in [-0.4, -0.2) is 40.6 Å². The van der Waals surface area contributed by atoms with Crippen LogP contribution in [-0.2, 0) is 0 Å². The summed E-state index contributed by atoms with van der Waals surface area (Å²) in [5, 5.41) is 18.0. The summed E-state index contributed by atoms with van der Waals surface area (Å²) in [5.74, 6) is -0.0324. The maximum Gasteiger partial charge on any atom is 0.469 e. The van der Waals surface area contributed by atoms with Crippen LogP contribution in [0.2, 0.25) is 0 Å². The number of likely N-dealkylation sites (tertiary alicyclic amines) is 1. The van der Waals surface area contributed by atoms with E-state index in [4.69, 9.17) is 10.0 Å². The van der Waals surface area contributed by atoms with Gasteiger partial charge in [0, 0.05) is 12.0 Å². The number of hydrogen-bond acceptors (Lipinski definition) is 3. The summed E-state index contributed by atoms with van der Waals surface area (Å²) < 4.78 is 0. The molecule has 1 heterocycles. The Morgan fingerprint density at radius 2 is 2.09 bits per heavy atom. The summed E-state index contributed by atoms with van der Waals surface area (Å²) >= 11 is 0. The van der Waals surface area contributed by atoms with Gasteiger partial charge in [-0.2, -0.15) is 0 Å². The predicted octanol–water partition coefficient (Wildman–Crippen LogP) is -0.129. The minimum absolute atomic E-state index is 0.0324. The summed E-state index contributed by atoms with van der Waals surface area (Å²) in [5.41, 5.74) is 0. The van der Waals surface area contributed by atoms with Gasteiger partial charge in [0.25, 0.3) is 0 Å². The van der Waals surface area contributed by atoms with E-state index in [0.717, 1.165) is 19.4 Å². The molecule has 3 nitrogen and oxygen atoms in total. The predicted molar refractivity (Wildman–Crippen MR) is 45.1 cm³/mol. The normalized spacial score (nSPS) is 26.5. The van der Waals surface area contributed by atoms with Crippen molar-refractivity contribution >= 4 is 7.12 Å². The standard InChI is InChI=1S/C7H16BNO2/c1-6(2)9-5-3-4-7(9)8(10)11/h6-7,10-11H,3-5H2,1-2H3. The highest BCUT2D eigenvalue weighted by Gasteiger charge is 2.34. The minimum Gasteiger partial charge on any atom is -0.426 e. The van der Waals surface area contributed by atoms with Gasteiger partial charge in [-0.3, -0.25) is 4.90 Å². The van der Waals surface area contributed by atoms with Gasteiger partial charge in [-0.15, -0.1) is 0 Å². The van der Waals surface area contributed by atoms with E-state index in [2.05, 4.69) is 18.7 Å². The molecule has 0 aromatic rings. The average molecular weight is 157 g/mol. The van der Waals surface area contributed by atoms with Crippen molar-refractivity contribution in [2.45, 2.75) is 38.7 Å². The zero-order valence-corrected chi connectivity index (χ0v) is 7.20. The molecule has 1 fully saturated rings. The van der Waals surface area contributed by atoms with E-state index in [9.17, 15) is 0 Å². The molecular weight excluding hydrogens is 141 g/mol. The first-order chi connectivity index (χ1) is 5.13. The molecule has 0 aromatic carbocycles. The third kappa shape index (κ3) is 1.95. The Hall–Kier alpha value is -0.0551. The SMILES string of the molecule is CC(C)N1CCCC1B(O)O. The lowest BCUT2D eigenvalue weighted by Gasteiger charge is -2.27. The molecule has 1 unspecified atom stereocenters. The fourth-order valence-corrected chi connectivity index (χ4v) is 1.78. The molecule has 0 spiro atoms. The summed E-state index contributed by atoms with van der Waals surface area (Å²) in [7, 11) is -1.17. The Morgan fingerprint density at radius 1 is 1.45 bits per heavy atom. The molecule has 1 rings (SSSR count). The molecule has 0 bridgehead atoms. The van der Waals surface area contributed by atoms with Gasteiger partial charge in [-0.1, -0.05) is 0 Å². The second-order valence-electron chi connectivity index (χ2n) is 3.45. The van der Waals surface area contributed by atoms with E-state index in [1.165, 1.54) is 0 Å². The Kier molecular flexibility index (Phi) is 2.93. The van der Waals surface area contributed by atoms with Crippen molar-refractivity contribution in [3.8, 4) is 0 Å². The molecule has 0 aliphatic carbocycles. The lowest BCUT2D eigenvalue weighted by Crippen LogP contribution is -2.45. The van der Waals surface area contributed by atoms with Gasteiger partial charge in [0.05, 0.1) is 0 Å². The van der Waals surface area contributed by atoms with Crippen LogP contribution < -0.4 is 0 Å². The molecule has 0 aromatic heterocycles. The molecule has 1 aliphatic heterocycles. The van der Waals surface area contributed by atoms with Crippen molar-refractivity contribution in [1.82, 2.24) is 4.90 Å². The zero-order valence-electron chi connectivity index (χ0n) is 7.20. The van der Waals surface area contributed by atoms with Gasteiger partial charge in [0.15, 0.2) is 0 Å². The first-order valence-electron chi connectivity index (χ1n) is 4.25. The molecule has 4 heteroatoms. The molecule has 2 N–H and O–H groups in total. The highest BCUT2D eigenvalue weighted by Crippen LogP contribution is 2.20. The van der Waals surface area contributed by atoms with Crippen LogP contribution in [0.1, 0.15) is 26.7 Å². The zero-order chi connectivity index (χ0) is 8.43. The van der Waals surface area contributed by atoms with E-state index < -0.39 is 7.12 Å². The highest BCUT2D eigenvalue weighted by atomic mass is 16.4. The van der Waals surface area contributed by atoms with Crippen molar-refractivity contribution in [3.05, 3.63) is 0 Å². The first-order valence-corrected chi connectivity index (χ1v) is 4.25. The Labute approximate surface area is 68.2 Å². The fraction of sp³-hybridized carbons (Fsp3) is 1.00. The van der Waals surface area contributed by atoms with Crippen LogP contribution >= 0.6 is 0 Å². The van der Waals surface area contributed by atoms with Gasteiger partial charge in [-0.25, -0.2) is 0 Å². The molecule has 1 atom stereocenters. The second-order valence-corrected chi connectivity index (χ2v) is 3.45. The van der Waals surface area contributed by atoms with E-state index in [0.29, 0.717) is 6.04 Å². The molecule has 0 saturated carbocycles. The number of hydrogen-bond donors (Lipinski definition) is 2. The average Bonchev–Trinajstić information content (AvgIpc) is 2.32. The lowest BCUT2D eigenvalue weighted by molar-refractivity contribution is 0.215. The van der Waals surface area contributed by atoms with Crippen molar-refractivity contribution < 1.29 is 10.0 Å². The summed E-state index contributed by atoms with van der Waals surface area (Å²) in [6, 6.07) is 0.421. The van der Waals surface area contributed by atoms with Crippen LogP contribution in [0.4, 0.5) is 0 Å². The maximum absolute atomic E-state index is 8.99. The second kappa shape index (κ2) is 3.56. The van der Waals surface area contributed by atoms with E-state index >= 15 is 0 Å². The van der Waals surface area contributed by atoms with E-state index in [-0.39, 0.29) is 5.94 Å². The maximum atomic E-state index is 8.99. The van der Waals surface area contributed by atoms with E-state index in [1.54, 1.807) is 0 Å². The largest absolute Gasteiger partial charge is 0.469 e. The van der Waals surface area contributed by atoms with Crippen LogP contribution in [0.5, 0.6) is 0 Å². The smallest absolute Gasteiger partial charge is 0.426 e. The molecular formula is C7H16BNO2. The van der Waals surface area contributed by atoms with Gasteiger partial charge < -0.3 is 10.0 Å². The summed E-state index contributed by atoms with van der Waals surface area (Å²) in [6.07, 6.45) is 2.00. The third-order valence-electron chi connectivity index (χ3n) is 2.35. The molecule has 1 saturated heterocycles. The van der Waals surface area contributed by atoms with Gasteiger partial charge in [0.1, 0.15) is 0 Å². The Bertz CT molecular complexity index is 116. The number of nitrogens with zero attached hydrogens (tertiary/aromatic N) is 1. The van der Waals surface area contributed by atoms with Crippen molar-refractivity contribution in [1.29, 1.82) is 0 Å². The first kappa shape index (κ1) is 9.04. The highest BCUT2D eigenvalue weighted by molar-refractivity contribution is 6.43. The lowest BCUT2D eigenvalue weighted by atomic mass is 9.77. The summed E-state index contributed by atoms with van der Waals surface area (Å²) in [6.45, 7) is 5.17. The van der Waals surface area contributed by atoms with E-state index in [1.807, 2.05) is 0 Å². The fourth-order valence-electron chi connectivity index (χ4n) is 1.78. The number of rotatable bonds is 2. The molecule has 1 aliphatic rings. The minimum atomic E-state index is -1.17. The topological polar surface area (TPSA) is 43.7 Å². The van der Waals surface area contributed by atoms with Gasteiger partial charge in [0.2, 0.25) is 0 Å². The quantitative estimate of drug-likeness (QED) is 0.549. The van der Waals surface area contributed by atoms with Crippen LogP contribution in [0.15, 0.2) is 0 Å². The Balaban J connectivity index is 2.51. The van der Waals surface area contributed by atoms with Crippen LogP contribution in [0.3, 0.4) is 0 Å². The van der Waals surface area contributed by atoms with Crippen molar-refractivity contribution in [2.75, 3.05) is 6.54 Å². The molecule has 64 valence electrons. The molecule has 0 radical (unpaired) electrons. The summed E-state index contributed by atoms with van der Waals surface area (Å²) in [4.78, 5) is 2.14. The van der Waals surface area contributed by atoms with Gasteiger partial charge >= 0.3 is 7.12 Å².